The lowest BCUT2D eigenvalue weighted by atomic mass is 9.84. The zero-order valence-electron chi connectivity index (χ0n) is 10.8. The van der Waals surface area contributed by atoms with Crippen LogP contribution in [0.15, 0.2) is 0 Å². The number of nitrogens with one attached hydrogen (secondary N) is 1. The van der Waals surface area contributed by atoms with Crippen LogP contribution in [-0.4, -0.2) is 18.9 Å². The average molecular weight is 213 g/mol. The Hall–Kier alpha value is -0.500. The van der Waals surface area contributed by atoms with Gasteiger partial charge in [-0.1, -0.05) is 33.6 Å². The maximum absolute atomic E-state index is 5.28. The molecule has 0 fully saturated rings. The Kier molecular flexibility index (Phi) is 7.49. The summed E-state index contributed by atoms with van der Waals surface area (Å²) in [5, 5.41) is 0. The molecule has 0 aromatic rings. The molecule has 0 spiro atoms. The lowest BCUT2D eigenvalue weighted by Gasteiger charge is -2.24. The number of rotatable bonds is 8. The molecule has 4 atom stereocenters. The number of ether oxygens (including phenoxy) is 1. The first-order chi connectivity index (χ1) is 7.10. The maximum Gasteiger partial charge on any atom is 0.214 e. The van der Waals surface area contributed by atoms with Crippen molar-refractivity contribution in [2.45, 2.75) is 59.1 Å². The van der Waals surface area contributed by atoms with Crippen LogP contribution >= 0.6 is 0 Å². The predicted octanol–water partition coefficient (Wildman–Crippen LogP) is 1.80. The first-order valence-electron chi connectivity index (χ1n) is 6.04. The van der Waals surface area contributed by atoms with Gasteiger partial charge >= 0.3 is 0 Å². The molecule has 0 aliphatic heterocycles. The van der Waals surface area contributed by atoms with Gasteiger partial charge in [0.2, 0.25) is 7.11 Å². The van der Waals surface area contributed by atoms with Gasteiger partial charge in [0.15, 0.2) is 12.1 Å². The van der Waals surface area contributed by atoms with Crippen molar-refractivity contribution in [3.05, 3.63) is 7.11 Å². The van der Waals surface area contributed by atoms with Crippen LogP contribution in [0.3, 0.4) is 0 Å². The molecular weight excluding hydrogens is 186 g/mol. The second-order valence-corrected chi connectivity index (χ2v) is 4.49. The summed E-state index contributed by atoms with van der Waals surface area (Å²) in [6.45, 7) is 12.6. The van der Waals surface area contributed by atoms with E-state index in [2.05, 4.69) is 46.5 Å². The van der Waals surface area contributed by atoms with Gasteiger partial charge in [0, 0.05) is 6.92 Å². The summed E-state index contributed by atoms with van der Waals surface area (Å²) in [6, 6.07) is 0.264. The van der Waals surface area contributed by atoms with E-state index in [1.54, 1.807) is 0 Å². The van der Waals surface area contributed by atoms with Crippen molar-refractivity contribution in [1.29, 1.82) is 0 Å². The number of hydrogen-bond donors (Lipinski definition) is 1. The van der Waals surface area contributed by atoms with Gasteiger partial charge < -0.3 is 0 Å². The van der Waals surface area contributed by atoms with Crippen LogP contribution in [0, 0.1) is 18.9 Å². The third kappa shape index (κ3) is 4.70. The van der Waals surface area contributed by atoms with Crippen molar-refractivity contribution in [3.8, 4) is 0 Å². The fraction of sp³-hybridized carbons (Fsp3) is 0.846. The van der Waals surface area contributed by atoms with Gasteiger partial charge in [0.25, 0.3) is 0 Å². The van der Waals surface area contributed by atoms with Crippen LogP contribution < -0.4 is 4.99 Å². The summed E-state index contributed by atoms with van der Waals surface area (Å²) in [5.41, 5.74) is 0. The Bertz CT molecular complexity index is 170. The van der Waals surface area contributed by atoms with Crippen LogP contribution in [0.4, 0.5) is 0 Å². The molecule has 2 nitrogen and oxygen atoms in total. The highest BCUT2D eigenvalue weighted by Crippen LogP contribution is 2.25. The highest BCUT2D eigenvalue weighted by Gasteiger charge is 2.27. The highest BCUT2D eigenvalue weighted by molar-refractivity contribution is 5.12. The average Bonchev–Trinajstić information content (AvgIpc) is 2.28. The van der Waals surface area contributed by atoms with Crippen LogP contribution in [0.25, 0.3) is 0 Å². The highest BCUT2D eigenvalue weighted by atomic mass is 16.5. The molecule has 88 valence electrons. The minimum atomic E-state index is 0.168. The Balaban J connectivity index is 4.29. The smallest absolute Gasteiger partial charge is 0.214 e. The van der Waals surface area contributed by atoms with Crippen LogP contribution in [-0.2, 0) is 4.74 Å². The van der Waals surface area contributed by atoms with Gasteiger partial charge in [0.1, 0.15) is 6.72 Å². The summed E-state index contributed by atoms with van der Waals surface area (Å²) in [4.78, 5) is 2.99. The molecule has 0 bridgehead atoms. The molecule has 0 aliphatic rings. The van der Waals surface area contributed by atoms with E-state index in [9.17, 15) is 0 Å². The first kappa shape index (κ1) is 14.5. The second kappa shape index (κ2) is 7.75. The molecule has 0 aromatic carbocycles. The zero-order valence-corrected chi connectivity index (χ0v) is 10.8. The van der Waals surface area contributed by atoms with Crippen LogP contribution in [0.5, 0.6) is 0 Å². The molecular formula is C13H27NO+2. The van der Waals surface area contributed by atoms with Crippen LogP contribution in [0.2, 0.25) is 0 Å². The van der Waals surface area contributed by atoms with Crippen molar-refractivity contribution >= 4 is 6.72 Å². The van der Waals surface area contributed by atoms with Gasteiger partial charge in [-0.05, 0) is 18.3 Å². The van der Waals surface area contributed by atoms with Crippen molar-refractivity contribution in [2.75, 3.05) is 0 Å². The van der Waals surface area contributed by atoms with Gasteiger partial charge in [-0.15, -0.1) is 0 Å². The lowest BCUT2D eigenvalue weighted by molar-refractivity contribution is -0.503. The Labute approximate surface area is 95.1 Å². The van der Waals surface area contributed by atoms with E-state index in [4.69, 9.17) is 4.74 Å². The predicted molar refractivity (Wildman–Crippen MR) is 65.6 cm³/mol. The topological polar surface area (TPSA) is 23.2 Å². The maximum atomic E-state index is 5.28. The minimum absolute atomic E-state index is 0.168. The second-order valence-electron chi connectivity index (χ2n) is 4.49. The van der Waals surface area contributed by atoms with E-state index in [0.29, 0.717) is 0 Å². The Morgan fingerprint density at radius 3 is 2.20 bits per heavy atom. The standard InChI is InChI=1S/C13H26NO/c1-7-10(3)12(8-2)9-13(15-6)11(4)14-5/h10-13H,5-9H2,1-4H3/q+1/p+1/t10?,11?,12-,13?/m1/s1. The summed E-state index contributed by atoms with van der Waals surface area (Å²) in [7, 11) is 3.56. The largest absolute Gasteiger partial charge is 0.249 e. The van der Waals surface area contributed by atoms with Gasteiger partial charge in [0.05, 0.1) is 0 Å². The Morgan fingerprint density at radius 2 is 1.87 bits per heavy atom. The molecule has 2 heteroatoms. The minimum Gasteiger partial charge on any atom is -0.249 e. The van der Waals surface area contributed by atoms with Crippen molar-refractivity contribution in [2.24, 2.45) is 11.8 Å². The Morgan fingerprint density at radius 1 is 1.27 bits per heavy atom. The molecule has 0 aliphatic carbocycles. The van der Waals surface area contributed by atoms with Gasteiger partial charge in [-0.3, -0.25) is 0 Å². The quantitative estimate of drug-likeness (QED) is 0.482. The normalized spacial score (nSPS) is 19.2. The van der Waals surface area contributed by atoms with E-state index in [0.717, 1.165) is 18.3 Å². The third-order valence-corrected chi connectivity index (χ3v) is 3.60. The fourth-order valence-corrected chi connectivity index (χ4v) is 1.98. The van der Waals surface area contributed by atoms with Crippen LogP contribution in [0.1, 0.15) is 47.0 Å². The van der Waals surface area contributed by atoms with Crippen molar-refractivity contribution in [1.82, 2.24) is 0 Å². The molecule has 0 amide bonds. The van der Waals surface area contributed by atoms with E-state index in [1.807, 2.05) is 0 Å². The molecule has 0 rings (SSSR count). The molecule has 0 saturated carbocycles. The molecule has 15 heavy (non-hydrogen) atoms. The molecule has 0 heterocycles. The van der Waals surface area contributed by atoms with E-state index in [-0.39, 0.29) is 12.1 Å². The summed E-state index contributed by atoms with van der Waals surface area (Å²) < 4.78 is 5.28. The summed E-state index contributed by atoms with van der Waals surface area (Å²) in [6.07, 6.45) is 3.67. The fourth-order valence-electron chi connectivity index (χ4n) is 1.98. The molecule has 0 saturated heterocycles. The molecule has 0 radical (unpaired) electrons. The third-order valence-electron chi connectivity index (χ3n) is 3.60. The summed E-state index contributed by atoms with van der Waals surface area (Å²) in [5.74, 6) is 1.47. The van der Waals surface area contributed by atoms with Gasteiger partial charge in [-0.2, -0.15) is 4.74 Å². The van der Waals surface area contributed by atoms with E-state index >= 15 is 0 Å². The molecule has 1 N–H and O–H groups in total. The monoisotopic (exact) mass is 213 g/mol. The van der Waals surface area contributed by atoms with Crippen molar-refractivity contribution in [3.63, 3.8) is 0 Å². The first-order valence-corrected chi connectivity index (χ1v) is 6.04. The van der Waals surface area contributed by atoms with Crippen molar-refractivity contribution < 1.29 is 9.73 Å². The molecule has 0 aromatic heterocycles. The van der Waals surface area contributed by atoms with E-state index < -0.39 is 0 Å². The summed E-state index contributed by atoms with van der Waals surface area (Å²) >= 11 is 0. The number of hydrogen-bond acceptors (Lipinski definition) is 1. The molecule has 3 unspecified atom stereocenters. The zero-order chi connectivity index (χ0) is 11.8. The van der Waals surface area contributed by atoms with E-state index in [1.165, 1.54) is 12.8 Å². The SMILES string of the molecule is C=[NH+]C(C)C(C[C@@H](CC)C(C)CC)O[CH2+]. The lowest BCUT2D eigenvalue weighted by Crippen LogP contribution is -2.76. The van der Waals surface area contributed by atoms with Gasteiger partial charge in [-0.25, -0.2) is 4.99 Å².